The summed E-state index contributed by atoms with van der Waals surface area (Å²) < 4.78 is 5.43. The summed E-state index contributed by atoms with van der Waals surface area (Å²) in [4.78, 5) is 0. The van der Waals surface area contributed by atoms with Gasteiger partial charge in [0, 0.05) is 25.4 Å². The van der Waals surface area contributed by atoms with Gasteiger partial charge in [-0.05, 0) is 49.1 Å². The largest absolute Gasteiger partial charge is 0.385 e. The number of hydrogen-bond donors (Lipinski definition) is 1. The first-order chi connectivity index (χ1) is 8.42. The maximum atomic E-state index is 5.43. The highest BCUT2D eigenvalue weighted by molar-refractivity contribution is 5.53. The van der Waals surface area contributed by atoms with Crippen LogP contribution in [0.1, 0.15) is 24.8 Å². The number of ether oxygens (including phenoxy) is 1. The van der Waals surface area contributed by atoms with Crippen molar-refractivity contribution in [3.63, 3.8) is 0 Å². The Kier molecular flexibility index (Phi) is 3.32. The molecule has 0 bridgehead atoms. The van der Waals surface area contributed by atoms with E-state index in [1.807, 2.05) is 0 Å². The first kappa shape index (κ1) is 11.1. The highest BCUT2D eigenvalue weighted by atomic mass is 16.5. The average molecular weight is 231 g/mol. The Morgan fingerprint density at radius 2 is 1.94 bits per heavy atom. The van der Waals surface area contributed by atoms with Crippen LogP contribution >= 0.6 is 0 Å². The van der Waals surface area contributed by atoms with Crippen molar-refractivity contribution in [1.29, 1.82) is 0 Å². The van der Waals surface area contributed by atoms with Gasteiger partial charge in [0.25, 0.3) is 0 Å². The molecule has 1 N–H and O–H groups in total. The molecule has 1 fully saturated rings. The molecule has 0 amide bonds. The van der Waals surface area contributed by atoms with Crippen molar-refractivity contribution in [3.8, 4) is 0 Å². The predicted octanol–water partition coefficient (Wildman–Crippen LogP) is 3.09. The number of nitrogens with one attached hydrogen (secondary N) is 1. The maximum absolute atomic E-state index is 5.43. The highest BCUT2D eigenvalue weighted by Gasteiger charge is 2.22. The summed E-state index contributed by atoms with van der Waals surface area (Å²) in [5, 5.41) is 3.57. The van der Waals surface area contributed by atoms with Crippen molar-refractivity contribution in [3.05, 3.63) is 29.8 Å². The SMILES string of the molecule is c1ccc2c(c1)CC(CC1CCOCC1)CN2. The number of rotatable bonds is 2. The third-order valence-corrected chi connectivity index (χ3v) is 4.11. The minimum Gasteiger partial charge on any atom is -0.385 e. The van der Waals surface area contributed by atoms with Gasteiger partial charge in [-0.2, -0.15) is 0 Å². The molecule has 0 aliphatic carbocycles. The van der Waals surface area contributed by atoms with E-state index in [0.717, 1.165) is 31.6 Å². The van der Waals surface area contributed by atoms with Crippen LogP contribution in [0.15, 0.2) is 24.3 Å². The number of fused-ring (bicyclic) bond motifs is 1. The van der Waals surface area contributed by atoms with Gasteiger partial charge in [0.05, 0.1) is 0 Å². The van der Waals surface area contributed by atoms with Crippen LogP contribution in [0, 0.1) is 11.8 Å². The fourth-order valence-electron chi connectivity index (χ4n) is 3.13. The fourth-order valence-corrected chi connectivity index (χ4v) is 3.13. The molecule has 1 unspecified atom stereocenters. The molecule has 1 saturated heterocycles. The topological polar surface area (TPSA) is 21.3 Å². The van der Waals surface area contributed by atoms with Crippen LogP contribution in [0.25, 0.3) is 0 Å². The number of para-hydroxylation sites is 1. The summed E-state index contributed by atoms with van der Waals surface area (Å²) in [6, 6.07) is 8.72. The van der Waals surface area contributed by atoms with E-state index in [1.54, 1.807) is 0 Å². The van der Waals surface area contributed by atoms with Crippen LogP contribution in [0.3, 0.4) is 0 Å². The monoisotopic (exact) mass is 231 g/mol. The highest BCUT2D eigenvalue weighted by Crippen LogP contribution is 2.30. The molecular formula is C15H21NO. The van der Waals surface area contributed by atoms with Crippen LogP contribution in [0.5, 0.6) is 0 Å². The second kappa shape index (κ2) is 5.09. The molecule has 17 heavy (non-hydrogen) atoms. The molecule has 2 heterocycles. The van der Waals surface area contributed by atoms with E-state index in [0.29, 0.717) is 0 Å². The van der Waals surface area contributed by atoms with Gasteiger partial charge in [0.1, 0.15) is 0 Å². The van der Waals surface area contributed by atoms with E-state index in [2.05, 4.69) is 29.6 Å². The van der Waals surface area contributed by atoms with Crippen LogP contribution < -0.4 is 5.32 Å². The fraction of sp³-hybridized carbons (Fsp3) is 0.600. The molecule has 0 radical (unpaired) electrons. The van der Waals surface area contributed by atoms with Gasteiger partial charge in [-0.1, -0.05) is 18.2 Å². The van der Waals surface area contributed by atoms with Crippen molar-refractivity contribution < 1.29 is 4.74 Å². The van der Waals surface area contributed by atoms with Crippen molar-refractivity contribution in [1.82, 2.24) is 0 Å². The average Bonchev–Trinajstić information content (AvgIpc) is 2.40. The zero-order valence-corrected chi connectivity index (χ0v) is 10.3. The molecule has 3 rings (SSSR count). The predicted molar refractivity (Wildman–Crippen MR) is 70.3 cm³/mol. The van der Waals surface area contributed by atoms with Crippen LogP contribution in [-0.2, 0) is 11.2 Å². The third kappa shape index (κ3) is 2.63. The van der Waals surface area contributed by atoms with Gasteiger partial charge >= 0.3 is 0 Å². The summed E-state index contributed by atoms with van der Waals surface area (Å²) >= 11 is 0. The van der Waals surface area contributed by atoms with Crippen molar-refractivity contribution in [2.45, 2.75) is 25.7 Å². The van der Waals surface area contributed by atoms with E-state index in [1.165, 1.54) is 36.9 Å². The zero-order chi connectivity index (χ0) is 11.5. The molecular weight excluding hydrogens is 210 g/mol. The van der Waals surface area contributed by atoms with E-state index in [9.17, 15) is 0 Å². The third-order valence-electron chi connectivity index (χ3n) is 4.11. The molecule has 2 heteroatoms. The Bertz CT molecular complexity index is 371. The quantitative estimate of drug-likeness (QED) is 0.844. The Balaban J connectivity index is 1.60. The van der Waals surface area contributed by atoms with Gasteiger partial charge in [0.15, 0.2) is 0 Å². The van der Waals surface area contributed by atoms with E-state index in [-0.39, 0.29) is 0 Å². The second-order valence-corrected chi connectivity index (χ2v) is 5.40. The van der Waals surface area contributed by atoms with E-state index < -0.39 is 0 Å². The molecule has 1 aromatic carbocycles. The Morgan fingerprint density at radius 3 is 2.82 bits per heavy atom. The zero-order valence-electron chi connectivity index (χ0n) is 10.3. The Hall–Kier alpha value is -1.02. The van der Waals surface area contributed by atoms with Crippen LogP contribution in [-0.4, -0.2) is 19.8 Å². The molecule has 2 aliphatic heterocycles. The summed E-state index contributed by atoms with van der Waals surface area (Å²) in [6.45, 7) is 3.09. The molecule has 2 aliphatic rings. The normalized spacial score (nSPS) is 25.1. The lowest BCUT2D eigenvalue weighted by Gasteiger charge is -2.30. The van der Waals surface area contributed by atoms with Gasteiger partial charge in [0.2, 0.25) is 0 Å². The first-order valence-corrected chi connectivity index (χ1v) is 6.81. The van der Waals surface area contributed by atoms with Gasteiger partial charge in [-0.25, -0.2) is 0 Å². The summed E-state index contributed by atoms with van der Waals surface area (Å²) in [5.74, 6) is 1.70. The van der Waals surface area contributed by atoms with E-state index in [4.69, 9.17) is 4.74 Å². The lowest BCUT2D eigenvalue weighted by Crippen LogP contribution is -2.27. The molecule has 0 saturated carbocycles. The molecule has 0 spiro atoms. The van der Waals surface area contributed by atoms with Crippen molar-refractivity contribution >= 4 is 5.69 Å². The lowest BCUT2D eigenvalue weighted by molar-refractivity contribution is 0.0590. The first-order valence-electron chi connectivity index (χ1n) is 6.81. The molecule has 0 aromatic heterocycles. The van der Waals surface area contributed by atoms with E-state index >= 15 is 0 Å². The molecule has 2 nitrogen and oxygen atoms in total. The second-order valence-electron chi connectivity index (χ2n) is 5.40. The number of benzene rings is 1. The number of anilines is 1. The summed E-state index contributed by atoms with van der Waals surface area (Å²) in [5.41, 5.74) is 2.84. The van der Waals surface area contributed by atoms with Crippen molar-refractivity contribution in [2.24, 2.45) is 11.8 Å². The Morgan fingerprint density at radius 1 is 1.12 bits per heavy atom. The van der Waals surface area contributed by atoms with Gasteiger partial charge in [-0.15, -0.1) is 0 Å². The number of hydrogen-bond acceptors (Lipinski definition) is 2. The Labute approximate surface area is 103 Å². The molecule has 92 valence electrons. The molecule has 1 atom stereocenters. The van der Waals surface area contributed by atoms with Crippen LogP contribution in [0.2, 0.25) is 0 Å². The summed E-state index contributed by atoms with van der Waals surface area (Å²) in [6.07, 6.45) is 5.14. The molecule has 1 aromatic rings. The summed E-state index contributed by atoms with van der Waals surface area (Å²) in [7, 11) is 0. The lowest BCUT2D eigenvalue weighted by atomic mass is 9.83. The standard InChI is InChI=1S/C15H21NO/c1-2-4-15-14(3-1)10-13(11-16-15)9-12-5-7-17-8-6-12/h1-4,12-13,16H,5-11H2. The van der Waals surface area contributed by atoms with Gasteiger partial charge in [-0.3, -0.25) is 0 Å². The minimum absolute atomic E-state index is 0.813. The minimum atomic E-state index is 0.813. The van der Waals surface area contributed by atoms with Crippen molar-refractivity contribution in [2.75, 3.05) is 25.1 Å². The maximum Gasteiger partial charge on any atom is 0.0468 e. The smallest absolute Gasteiger partial charge is 0.0468 e. The van der Waals surface area contributed by atoms with Gasteiger partial charge < -0.3 is 10.1 Å². The van der Waals surface area contributed by atoms with Crippen LogP contribution in [0.4, 0.5) is 5.69 Å².